The topological polar surface area (TPSA) is 60.8 Å². The molecule has 1 heterocycles. The number of carbonyl (C=O) groups is 1. The van der Waals surface area contributed by atoms with E-state index >= 15 is 0 Å². The molecular weight excluding hydrogens is 170 g/mol. The van der Waals surface area contributed by atoms with Crippen molar-refractivity contribution in [2.24, 2.45) is 0 Å². The van der Waals surface area contributed by atoms with Crippen molar-refractivity contribution in [1.82, 2.24) is 4.90 Å². The summed E-state index contributed by atoms with van der Waals surface area (Å²) in [6.07, 6.45) is 1.90. The van der Waals surface area contributed by atoms with Gasteiger partial charge in [0.25, 0.3) is 0 Å². The molecule has 13 heavy (non-hydrogen) atoms. The van der Waals surface area contributed by atoms with E-state index in [1.165, 1.54) is 0 Å². The lowest BCUT2D eigenvalue weighted by molar-refractivity contribution is -0.143. The third kappa shape index (κ3) is 2.67. The van der Waals surface area contributed by atoms with Crippen molar-refractivity contribution in [2.45, 2.75) is 38.3 Å². The van der Waals surface area contributed by atoms with Crippen LogP contribution in [0.2, 0.25) is 0 Å². The van der Waals surface area contributed by atoms with Crippen molar-refractivity contribution in [1.29, 1.82) is 0 Å². The van der Waals surface area contributed by atoms with Crippen LogP contribution in [0.15, 0.2) is 0 Å². The predicted octanol–water partition coefficient (Wildman–Crippen LogP) is 0.306. The van der Waals surface area contributed by atoms with Crippen molar-refractivity contribution >= 4 is 5.97 Å². The van der Waals surface area contributed by atoms with Gasteiger partial charge in [-0.05, 0) is 12.8 Å². The van der Waals surface area contributed by atoms with E-state index in [0.29, 0.717) is 25.9 Å². The minimum absolute atomic E-state index is 0.335. The first-order chi connectivity index (χ1) is 6.15. The monoisotopic (exact) mass is 187 g/mol. The van der Waals surface area contributed by atoms with Crippen LogP contribution in [0.25, 0.3) is 0 Å². The van der Waals surface area contributed by atoms with E-state index in [9.17, 15) is 9.90 Å². The molecule has 1 rings (SSSR count). The van der Waals surface area contributed by atoms with E-state index in [-0.39, 0.29) is 6.10 Å². The summed E-state index contributed by atoms with van der Waals surface area (Å²) in [5.41, 5.74) is 0. The zero-order valence-corrected chi connectivity index (χ0v) is 7.94. The molecule has 0 bridgehead atoms. The third-order valence-corrected chi connectivity index (χ3v) is 2.48. The van der Waals surface area contributed by atoms with Crippen LogP contribution in [0.1, 0.15) is 26.2 Å². The van der Waals surface area contributed by atoms with Gasteiger partial charge in [0.05, 0.1) is 6.10 Å². The highest BCUT2D eigenvalue weighted by molar-refractivity contribution is 5.73. The number of nitrogens with zero attached hydrogens (tertiary/aromatic N) is 1. The number of carboxylic acids is 1. The van der Waals surface area contributed by atoms with Crippen molar-refractivity contribution in [3.05, 3.63) is 0 Å². The lowest BCUT2D eigenvalue weighted by Gasteiger charge is -2.22. The molecule has 0 aromatic rings. The van der Waals surface area contributed by atoms with Gasteiger partial charge in [-0.25, -0.2) is 0 Å². The summed E-state index contributed by atoms with van der Waals surface area (Å²) in [5.74, 6) is -0.768. The molecular formula is C9H17NO3. The minimum Gasteiger partial charge on any atom is -0.480 e. The van der Waals surface area contributed by atoms with Gasteiger partial charge in [-0.1, -0.05) is 13.3 Å². The number of hydrogen-bond donors (Lipinski definition) is 2. The standard InChI is InChI=1S/C9H17NO3/c1-2-3-8(9(12)13)10-5-4-7(11)6-10/h7-8,11H,2-6H2,1H3,(H,12,13)/t7-,8?/m0/s1. The first kappa shape index (κ1) is 10.5. The summed E-state index contributed by atoms with van der Waals surface area (Å²) in [4.78, 5) is 12.7. The van der Waals surface area contributed by atoms with Crippen LogP contribution >= 0.6 is 0 Å². The van der Waals surface area contributed by atoms with Gasteiger partial charge < -0.3 is 10.2 Å². The maximum Gasteiger partial charge on any atom is 0.320 e. The molecule has 1 fully saturated rings. The molecule has 0 spiro atoms. The zero-order chi connectivity index (χ0) is 9.84. The maximum absolute atomic E-state index is 10.9. The summed E-state index contributed by atoms with van der Waals surface area (Å²) in [6, 6.07) is -0.401. The molecule has 1 unspecified atom stereocenters. The van der Waals surface area contributed by atoms with Crippen molar-refractivity contribution in [2.75, 3.05) is 13.1 Å². The van der Waals surface area contributed by atoms with Crippen LogP contribution in [-0.2, 0) is 4.79 Å². The summed E-state index contributed by atoms with van der Waals surface area (Å²) in [6.45, 7) is 3.19. The summed E-state index contributed by atoms with van der Waals surface area (Å²) in [7, 11) is 0. The number of rotatable bonds is 4. The van der Waals surface area contributed by atoms with E-state index in [4.69, 9.17) is 5.11 Å². The van der Waals surface area contributed by atoms with E-state index in [1.54, 1.807) is 0 Å². The molecule has 2 N–H and O–H groups in total. The zero-order valence-electron chi connectivity index (χ0n) is 7.94. The van der Waals surface area contributed by atoms with Crippen LogP contribution < -0.4 is 0 Å². The second kappa shape index (κ2) is 4.58. The molecule has 2 atom stereocenters. The van der Waals surface area contributed by atoms with Crippen LogP contribution in [0, 0.1) is 0 Å². The fraction of sp³-hybridized carbons (Fsp3) is 0.889. The van der Waals surface area contributed by atoms with Gasteiger partial charge >= 0.3 is 5.97 Å². The molecule has 1 aliphatic rings. The van der Waals surface area contributed by atoms with Crippen LogP contribution in [0.4, 0.5) is 0 Å². The van der Waals surface area contributed by atoms with Crippen molar-refractivity contribution in [3.63, 3.8) is 0 Å². The highest BCUT2D eigenvalue weighted by Gasteiger charge is 2.30. The Morgan fingerprint density at radius 3 is 2.77 bits per heavy atom. The number of hydrogen-bond acceptors (Lipinski definition) is 3. The van der Waals surface area contributed by atoms with Gasteiger partial charge in [-0.2, -0.15) is 0 Å². The van der Waals surface area contributed by atoms with Gasteiger partial charge in [0.1, 0.15) is 6.04 Å². The largest absolute Gasteiger partial charge is 0.480 e. The smallest absolute Gasteiger partial charge is 0.320 e. The molecule has 0 saturated carbocycles. The Labute approximate surface area is 78.2 Å². The molecule has 0 aromatic carbocycles. The van der Waals surface area contributed by atoms with Crippen LogP contribution in [0.3, 0.4) is 0 Å². The predicted molar refractivity (Wildman–Crippen MR) is 48.5 cm³/mol. The number of aliphatic carboxylic acids is 1. The minimum atomic E-state index is -0.768. The Morgan fingerprint density at radius 1 is 1.69 bits per heavy atom. The molecule has 0 radical (unpaired) electrons. The normalized spacial score (nSPS) is 26.2. The Kier molecular flexibility index (Phi) is 3.69. The van der Waals surface area contributed by atoms with Crippen molar-refractivity contribution < 1.29 is 15.0 Å². The summed E-state index contributed by atoms with van der Waals surface area (Å²) in [5, 5.41) is 18.2. The fourth-order valence-electron chi connectivity index (χ4n) is 1.79. The van der Waals surface area contributed by atoms with Gasteiger partial charge in [0.2, 0.25) is 0 Å². The first-order valence-corrected chi connectivity index (χ1v) is 4.80. The van der Waals surface area contributed by atoms with Gasteiger partial charge in [0.15, 0.2) is 0 Å². The van der Waals surface area contributed by atoms with E-state index in [2.05, 4.69) is 0 Å². The number of β-amino-alcohol motifs (C(OH)–C–C–N with tert-alkyl or cyclic N) is 1. The number of carboxylic acid groups (broad SMARTS) is 1. The lowest BCUT2D eigenvalue weighted by Crippen LogP contribution is -2.40. The SMILES string of the molecule is CCCC(C(=O)O)N1CC[C@H](O)C1. The van der Waals surface area contributed by atoms with E-state index in [1.807, 2.05) is 11.8 Å². The summed E-state index contributed by atoms with van der Waals surface area (Å²) < 4.78 is 0. The number of likely N-dealkylation sites (tertiary alicyclic amines) is 1. The highest BCUT2D eigenvalue weighted by atomic mass is 16.4. The molecule has 0 amide bonds. The third-order valence-electron chi connectivity index (χ3n) is 2.48. The van der Waals surface area contributed by atoms with E-state index in [0.717, 1.165) is 6.42 Å². The Bertz CT molecular complexity index is 184. The highest BCUT2D eigenvalue weighted by Crippen LogP contribution is 2.15. The molecule has 4 nitrogen and oxygen atoms in total. The van der Waals surface area contributed by atoms with Gasteiger partial charge in [-0.15, -0.1) is 0 Å². The molecule has 4 heteroatoms. The van der Waals surface area contributed by atoms with Gasteiger partial charge in [0, 0.05) is 13.1 Å². The Hall–Kier alpha value is -0.610. The molecule has 1 aliphatic heterocycles. The van der Waals surface area contributed by atoms with E-state index < -0.39 is 12.0 Å². The molecule has 1 saturated heterocycles. The summed E-state index contributed by atoms with van der Waals surface area (Å²) >= 11 is 0. The molecule has 0 aliphatic carbocycles. The molecule has 0 aromatic heterocycles. The quantitative estimate of drug-likeness (QED) is 0.665. The number of aliphatic hydroxyl groups excluding tert-OH is 1. The van der Waals surface area contributed by atoms with Crippen molar-refractivity contribution in [3.8, 4) is 0 Å². The Balaban J connectivity index is 2.49. The Morgan fingerprint density at radius 2 is 2.38 bits per heavy atom. The lowest BCUT2D eigenvalue weighted by atomic mass is 10.1. The first-order valence-electron chi connectivity index (χ1n) is 4.80. The van der Waals surface area contributed by atoms with Crippen LogP contribution in [0.5, 0.6) is 0 Å². The van der Waals surface area contributed by atoms with Gasteiger partial charge in [-0.3, -0.25) is 9.69 Å². The average Bonchev–Trinajstić information content (AvgIpc) is 2.46. The van der Waals surface area contributed by atoms with Crippen LogP contribution in [-0.4, -0.2) is 46.3 Å². The average molecular weight is 187 g/mol. The second-order valence-corrected chi connectivity index (χ2v) is 3.58. The fourth-order valence-corrected chi connectivity index (χ4v) is 1.79. The maximum atomic E-state index is 10.9. The molecule has 76 valence electrons. The second-order valence-electron chi connectivity index (χ2n) is 3.58. The number of aliphatic hydroxyl groups is 1.